The molecule has 0 saturated carbocycles. The topological polar surface area (TPSA) is 116 Å². The van der Waals surface area contributed by atoms with E-state index in [-0.39, 0.29) is 0 Å². The molecule has 142 valence electrons. The van der Waals surface area contributed by atoms with Crippen molar-refractivity contribution in [2.45, 2.75) is 71.9 Å². The van der Waals surface area contributed by atoms with Crippen LogP contribution in [-0.4, -0.2) is 46.8 Å². The van der Waals surface area contributed by atoms with Crippen molar-refractivity contribution in [1.29, 1.82) is 0 Å². The molecule has 0 amide bonds. The molecule has 8 heteroatoms. The van der Waals surface area contributed by atoms with Gasteiger partial charge in [-0.2, -0.15) is 0 Å². The Labute approximate surface area is 146 Å². The molecule has 0 aliphatic carbocycles. The summed E-state index contributed by atoms with van der Waals surface area (Å²) in [7, 11) is 0. The standard InChI is InChI=1S/C17H26O8/c1-15(2,3)14-23-13(22)17(25-14,10(7-8-18)12(20)21)9-11(19)24-16(4,5)6/h8,10,14H,7,9H2,1-6H3,(H,20,21)/t10-,14-,17+/m0/s1. The van der Waals surface area contributed by atoms with Crippen molar-refractivity contribution in [1.82, 2.24) is 0 Å². The monoisotopic (exact) mass is 358 g/mol. The molecule has 3 atom stereocenters. The highest BCUT2D eigenvalue weighted by Gasteiger charge is 2.61. The Balaban J connectivity index is 3.27. The van der Waals surface area contributed by atoms with Gasteiger partial charge in [-0.3, -0.25) is 9.59 Å². The highest BCUT2D eigenvalue weighted by atomic mass is 16.8. The zero-order valence-electron chi connectivity index (χ0n) is 15.5. The van der Waals surface area contributed by atoms with Gasteiger partial charge in [-0.15, -0.1) is 0 Å². The molecule has 1 N–H and O–H groups in total. The SMILES string of the molecule is CC(C)(C)OC(=O)C[C@]1([C@@H](CC=O)C(=O)O)O[C@@H](C(C)(C)C)OC1=O. The van der Waals surface area contributed by atoms with Gasteiger partial charge in [-0.05, 0) is 20.8 Å². The van der Waals surface area contributed by atoms with Gasteiger partial charge in [0.25, 0.3) is 0 Å². The number of rotatable bonds is 6. The number of esters is 2. The molecule has 1 heterocycles. The summed E-state index contributed by atoms with van der Waals surface area (Å²) in [6, 6.07) is 0. The minimum Gasteiger partial charge on any atom is -0.481 e. The van der Waals surface area contributed by atoms with E-state index in [4.69, 9.17) is 14.2 Å². The van der Waals surface area contributed by atoms with Crippen molar-refractivity contribution in [2.75, 3.05) is 0 Å². The number of carbonyl (C=O) groups excluding carboxylic acids is 3. The molecule has 0 unspecified atom stereocenters. The molecule has 0 aromatic carbocycles. The van der Waals surface area contributed by atoms with Crippen molar-refractivity contribution in [2.24, 2.45) is 11.3 Å². The van der Waals surface area contributed by atoms with Crippen LogP contribution in [0.4, 0.5) is 0 Å². The van der Waals surface area contributed by atoms with Gasteiger partial charge in [0.1, 0.15) is 17.8 Å². The Bertz CT molecular complexity index is 554. The summed E-state index contributed by atoms with van der Waals surface area (Å²) in [5, 5.41) is 9.48. The Morgan fingerprint density at radius 3 is 2.20 bits per heavy atom. The smallest absolute Gasteiger partial charge is 0.342 e. The summed E-state index contributed by atoms with van der Waals surface area (Å²) in [4.78, 5) is 47.4. The van der Waals surface area contributed by atoms with Crippen LogP contribution in [0.2, 0.25) is 0 Å². The van der Waals surface area contributed by atoms with Crippen molar-refractivity contribution in [3.05, 3.63) is 0 Å². The molecule has 25 heavy (non-hydrogen) atoms. The molecule has 1 fully saturated rings. The number of cyclic esters (lactones) is 1. The molecule has 8 nitrogen and oxygen atoms in total. The number of aliphatic carboxylic acids is 1. The Morgan fingerprint density at radius 1 is 1.28 bits per heavy atom. The largest absolute Gasteiger partial charge is 0.481 e. The van der Waals surface area contributed by atoms with Crippen molar-refractivity contribution in [3.63, 3.8) is 0 Å². The van der Waals surface area contributed by atoms with Gasteiger partial charge in [0.15, 0.2) is 5.60 Å². The fourth-order valence-corrected chi connectivity index (χ4v) is 2.45. The summed E-state index contributed by atoms with van der Waals surface area (Å²) in [5.41, 5.74) is -3.57. The quantitative estimate of drug-likeness (QED) is 0.563. The van der Waals surface area contributed by atoms with E-state index in [0.717, 1.165) is 0 Å². The molecule has 0 aromatic heterocycles. The van der Waals surface area contributed by atoms with Crippen LogP contribution < -0.4 is 0 Å². The van der Waals surface area contributed by atoms with E-state index in [1.54, 1.807) is 41.5 Å². The molecular weight excluding hydrogens is 332 g/mol. The van der Waals surface area contributed by atoms with Crippen LogP contribution in [0.25, 0.3) is 0 Å². The zero-order valence-corrected chi connectivity index (χ0v) is 15.5. The van der Waals surface area contributed by atoms with Gasteiger partial charge < -0.3 is 24.1 Å². The number of carboxylic acid groups (broad SMARTS) is 1. The minimum absolute atomic E-state index is 0.372. The van der Waals surface area contributed by atoms with Crippen LogP contribution in [-0.2, 0) is 33.4 Å². The minimum atomic E-state index is -2.10. The highest BCUT2D eigenvalue weighted by Crippen LogP contribution is 2.42. The maximum Gasteiger partial charge on any atom is 0.342 e. The van der Waals surface area contributed by atoms with Gasteiger partial charge in [-0.1, -0.05) is 20.8 Å². The van der Waals surface area contributed by atoms with E-state index in [9.17, 15) is 24.3 Å². The van der Waals surface area contributed by atoms with Crippen molar-refractivity contribution >= 4 is 24.2 Å². The number of hydrogen-bond donors (Lipinski definition) is 1. The van der Waals surface area contributed by atoms with Gasteiger partial charge in [-0.25, -0.2) is 4.79 Å². The van der Waals surface area contributed by atoms with Gasteiger partial charge in [0, 0.05) is 11.8 Å². The predicted octanol–water partition coefficient (Wildman–Crippen LogP) is 1.69. The van der Waals surface area contributed by atoms with E-state index in [0.29, 0.717) is 6.29 Å². The number of hydrogen-bond acceptors (Lipinski definition) is 7. The third kappa shape index (κ3) is 5.01. The van der Waals surface area contributed by atoms with Gasteiger partial charge in [0.2, 0.25) is 6.29 Å². The van der Waals surface area contributed by atoms with E-state index < -0.39 is 59.6 Å². The lowest BCUT2D eigenvalue weighted by molar-refractivity contribution is -0.185. The second-order valence-electron chi connectivity index (χ2n) is 8.17. The first-order chi connectivity index (χ1) is 11.2. The lowest BCUT2D eigenvalue weighted by Crippen LogP contribution is -2.50. The number of aldehydes is 1. The summed E-state index contributed by atoms with van der Waals surface area (Å²) in [6.45, 7) is 10.1. The van der Waals surface area contributed by atoms with Crippen LogP contribution in [0, 0.1) is 11.3 Å². The fourth-order valence-electron chi connectivity index (χ4n) is 2.45. The molecule has 1 rings (SSSR count). The predicted molar refractivity (Wildman–Crippen MR) is 85.4 cm³/mol. The van der Waals surface area contributed by atoms with Crippen LogP contribution in [0.3, 0.4) is 0 Å². The molecule has 0 bridgehead atoms. The molecule has 1 saturated heterocycles. The van der Waals surface area contributed by atoms with Crippen molar-refractivity contribution < 1.29 is 38.5 Å². The Kier molecular flexibility index (Phi) is 6.00. The third-order valence-corrected chi connectivity index (χ3v) is 3.60. The molecular formula is C17H26O8. The normalized spacial score (nSPS) is 25.2. The molecule has 0 aromatic rings. The number of carbonyl (C=O) groups is 4. The zero-order chi connectivity index (χ0) is 19.6. The molecule has 0 radical (unpaired) electrons. The Hall–Kier alpha value is -1.96. The van der Waals surface area contributed by atoms with E-state index >= 15 is 0 Å². The van der Waals surface area contributed by atoms with Crippen molar-refractivity contribution in [3.8, 4) is 0 Å². The summed E-state index contributed by atoms with van der Waals surface area (Å²) < 4.78 is 16.1. The maximum absolute atomic E-state index is 12.5. The molecule has 0 spiro atoms. The second-order valence-corrected chi connectivity index (χ2v) is 8.17. The van der Waals surface area contributed by atoms with Crippen LogP contribution in [0.15, 0.2) is 0 Å². The third-order valence-electron chi connectivity index (χ3n) is 3.60. The fraction of sp³-hybridized carbons (Fsp3) is 0.765. The number of ether oxygens (including phenoxy) is 3. The summed E-state index contributed by atoms with van der Waals surface area (Å²) in [5.74, 6) is -4.77. The average molecular weight is 358 g/mol. The van der Waals surface area contributed by atoms with Crippen LogP contribution in [0.5, 0.6) is 0 Å². The summed E-state index contributed by atoms with van der Waals surface area (Å²) in [6.07, 6.45) is -1.82. The first-order valence-electron chi connectivity index (χ1n) is 8.00. The maximum atomic E-state index is 12.5. The van der Waals surface area contributed by atoms with E-state index in [1.165, 1.54) is 0 Å². The average Bonchev–Trinajstić information content (AvgIpc) is 2.71. The van der Waals surface area contributed by atoms with E-state index in [1.807, 2.05) is 0 Å². The lowest BCUT2D eigenvalue weighted by atomic mass is 9.82. The van der Waals surface area contributed by atoms with Gasteiger partial charge >= 0.3 is 17.9 Å². The first kappa shape index (κ1) is 21.1. The second kappa shape index (κ2) is 7.11. The number of carboxylic acids is 1. The molecule has 1 aliphatic rings. The lowest BCUT2D eigenvalue weighted by Gasteiger charge is -2.32. The van der Waals surface area contributed by atoms with Crippen LogP contribution in [0.1, 0.15) is 54.4 Å². The van der Waals surface area contributed by atoms with Gasteiger partial charge in [0.05, 0.1) is 6.42 Å². The first-order valence-corrected chi connectivity index (χ1v) is 8.00. The highest BCUT2D eigenvalue weighted by molar-refractivity contribution is 5.93. The molecule has 1 aliphatic heterocycles. The Morgan fingerprint density at radius 2 is 1.84 bits per heavy atom. The summed E-state index contributed by atoms with van der Waals surface area (Å²) >= 11 is 0. The van der Waals surface area contributed by atoms with E-state index in [2.05, 4.69) is 0 Å². The van der Waals surface area contributed by atoms with Crippen LogP contribution >= 0.6 is 0 Å².